The van der Waals surface area contributed by atoms with Gasteiger partial charge in [-0.05, 0) is 61.2 Å². The van der Waals surface area contributed by atoms with Crippen molar-refractivity contribution < 1.29 is 18.7 Å². The number of morpholine rings is 1. The van der Waals surface area contributed by atoms with Crippen molar-refractivity contribution in [3.63, 3.8) is 0 Å². The van der Waals surface area contributed by atoms with Crippen molar-refractivity contribution in [1.29, 1.82) is 0 Å². The summed E-state index contributed by atoms with van der Waals surface area (Å²) in [6.07, 6.45) is 1.16. The summed E-state index contributed by atoms with van der Waals surface area (Å²) >= 11 is 0. The maximum absolute atomic E-state index is 13.4. The van der Waals surface area contributed by atoms with E-state index in [2.05, 4.69) is 16.3 Å². The summed E-state index contributed by atoms with van der Waals surface area (Å²) in [7, 11) is 0. The van der Waals surface area contributed by atoms with Gasteiger partial charge in [-0.2, -0.15) is 0 Å². The smallest absolute Gasteiger partial charge is 0.235 e. The van der Waals surface area contributed by atoms with E-state index in [1.54, 1.807) is 12.1 Å². The summed E-state index contributed by atoms with van der Waals surface area (Å²) in [5, 5.41) is 3.13. The van der Waals surface area contributed by atoms with Crippen molar-refractivity contribution in [3.05, 3.63) is 59.4 Å². The van der Waals surface area contributed by atoms with Crippen molar-refractivity contribution in [2.24, 2.45) is 0 Å². The molecule has 0 saturated carbocycles. The van der Waals surface area contributed by atoms with Crippen LogP contribution in [0.1, 0.15) is 24.0 Å². The molecule has 1 amide bonds. The van der Waals surface area contributed by atoms with Crippen LogP contribution in [0.2, 0.25) is 0 Å². The highest BCUT2D eigenvalue weighted by Crippen LogP contribution is 2.37. The van der Waals surface area contributed by atoms with Gasteiger partial charge in [-0.25, -0.2) is 4.39 Å². The van der Waals surface area contributed by atoms with Gasteiger partial charge in [0.05, 0.1) is 18.6 Å². The Morgan fingerprint density at radius 2 is 1.66 bits per heavy atom. The van der Waals surface area contributed by atoms with Gasteiger partial charge in [0.15, 0.2) is 0 Å². The molecule has 2 aromatic carbocycles. The number of hydrogen-bond acceptors (Lipinski definition) is 4. The molecular weight excluding hydrogens is 371 g/mol. The first-order valence-corrected chi connectivity index (χ1v) is 10.2. The minimum absolute atomic E-state index is 0.0605. The number of nitrogens with one attached hydrogen (secondary N) is 1. The number of aryl methyl sites for hydroxylation is 1. The van der Waals surface area contributed by atoms with Crippen LogP contribution in [0.4, 0.5) is 15.8 Å². The van der Waals surface area contributed by atoms with Crippen molar-refractivity contribution >= 4 is 17.3 Å². The van der Waals surface area contributed by atoms with Crippen molar-refractivity contribution in [2.45, 2.75) is 25.2 Å². The lowest BCUT2D eigenvalue weighted by molar-refractivity contribution is -0.125. The number of benzene rings is 2. The standard InChI is InChI=1S/C23H27FN2O3/c1-17-16-20(26-10-14-29-15-11-26)6-7-21(17)25-22(27)23(8-12-28-13-9-23)18-2-4-19(24)5-3-18/h2-7,16H,8-15H2,1H3,(H,25,27). The average molecular weight is 398 g/mol. The normalized spacial score (nSPS) is 19.0. The molecule has 2 saturated heterocycles. The predicted molar refractivity (Wildman–Crippen MR) is 111 cm³/mol. The molecule has 5 nitrogen and oxygen atoms in total. The molecule has 2 fully saturated rings. The van der Waals surface area contributed by atoms with Gasteiger partial charge in [-0.1, -0.05) is 12.1 Å². The van der Waals surface area contributed by atoms with E-state index in [9.17, 15) is 9.18 Å². The fourth-order valence-corrected chi connectivity index (χ4v) is 4.18. The summed E-state index contributed by atoms with van der Waals surface area (Å²) in [6.45, 7) is 6.25. The molecule has 29 heavy (non-hydrogen) atoms. The van der Waals surface area contributed by atoms with Gasteiger partial charge in [-0.15, -0.1) is 0 Å². The third-order valence-electron chi connectivity index (χ3n) is 6.01. The second kappa shape index (κ2) is 8.51. The Hall–Kier alpha value is -2.44. The maximum atomic E-state index is 13.4. The van der Waals surface area contributed by atoms with E-state index in [0.29, 0.717) is 26.1 Å². The van der Waals surface area contributed by atoms with E-state index in [4.69, 9.17) is 9.47 Å². The van der Waals surface area contributed by atoms with Gasteiger partial charge in [0.2, 0.25) is 5.91 Å². The summed E-state index contributed by atoms with van der Waals surface area (Å²) in [6, 6.07) is 12.4. The summed E-state index contributed by atoms with van der Waals surface area (Å²) in [5.41, 5.74) is 3.09. The molecule has 0 atom stereocenters. The lowest BCUT2D eigenvalue weighted by Crippen LogP contribution is -2.45. The molecular formula is C23H27FN2O3. The van der Waals surface area contributed by atoms with E-state index in [-0.39, 0.29) is 11.7 Å². The Morgan fingerprint density at radius 3 is 2.31 bits per heavy atom. The molecule has 0 aromatic heterocycles. The van der Waals surface area contributed by atoms with Crippen LogP contribution >= 0.6 is 0 Å². The second-order valence-electron chi connectivity index (χ2n) is 7.75. The molecule has 2 aromatic rings. The lowest BCUT2D eigenvalue weighted by atomic mass is 9.73. The SMILES string of the molecule is Cc1cc(N2CCOCC2)ccc1NC(=O)C1(c2ccc(F)cc2)CCOCC1. The Morgan fingerprint density at radius 1 is 1.00 bits per heavy atom. The number of hydrogen-bond donors (Lipinski definition) is 1. The van der Waals surface area contributed by atoms with Gasteiger partial charge in [-0.3, -0.25) is 4.79 Å². The topological polar surface area (TPSA) is 50.8 Å². The zero-order chi connectivity index (χ0) is 20.3. The van der Waals surface area contributed by atoms with Crippen LogP contribution in [0.25, 0.3) is 0 Å². The van der Waals surface area contributed by atoms with E-state index in [0.717, 1.165) is 48.8 Å². The molecule has 0 unspecified atom stereocenters. The zero-order valence-corrected chi connectivity index (χ0v) is 16.7. The number of halogens is 1. The first-order valence-electron chi connectivity index (χ1n) is 10.2. The molecule has 0 spiro atoms. The first kappa shape index (κ1) is 19.9. The summed E-state index contributed by atoms with van der Waals surface area (Å²) in [5.74, 6) is -0.361. The number of anilines is 2. The highest BCUT2D eigenvalue weighted by atomic mass is 19.1. The van der Waals surface area contributed by atoms with E-state index >= 15 is 0 Å². The molecule has 1 N–H and O–H groups in total. The minimum Gasteiger partial charge on any atom is -0.381 e. The summed E-state index contributed by atoms with van der Waals surface area (Å²) < 4.78 is 24.4. The third-order valence-corrected chi connectivity index (χ3v) is 6.01. The Labute approximate surface area is 170 Å². The molecule has 2 aliphatic rings. The van der Waals surface area contributed by atoms with Crippen LogP contribution in [0.15, 0.2) is 42.5 Å². The number of nitrogens with zero attached hydrogens (tertiary/aromatic N) is 1. The van der Waals surface area contributed by atoms with Crippen LogP contribution in [0.3, 0.4) is 0 Å². The van der Waals surface area contributed by atoms with Gasteiger partial charge in [0, 0.05) is 37.7 Å². The minimum atomic E-state index is -0.707. The Balaban J connectivity index is 1.56. The van der Waals surface area contributed by atoms with Gasteiger partial charge in [0.25, 0.3) is 0 Å². The number of ether oxygens (including phenoxy) is 2. The number of rotatable bonds is 4. The molecule has 2 heterocycles. The maximum Gasteiger partial charge on any atom is 0.235 e. The second-order valence-corrected chi connectivity index (χ2v) is 7.75. The number of amides is 1. The first-order chi connectivity index (χ1) is 14.1. The van der Waals surface area contributed by atoms with Crippen molar-refractivity contribution in [2.75, 3.05) is 49.7 Å². The van der Waals surface area contributed by atoms with Crippen LogP contribution < -0.4 is 10.2 Å². The molecule has 2 aliphatic heterocycles. The van der Waals surface area contributed by atoms with Crippen molar-refractivity contribution in [1.82, 2.24) is 0 Å². The molecule has 4 rings (SSSR count). The van der Waals surface area contributed by atoms with E-state index in [1.807, 2.05) is 19.1 Å². The van der Waals surface area contributed by atoms with Crippen LogP contribution in [0, 0.1) is 12.7 Å². The molecule has 154 valence electrons. The molecule has 0 aliphatic carbocycles. The number of carbonyl (C=O) groups is 1. The van der Waals surface area contributed by atoms with Gasteiger partial charge < -0.3 is 19.7 Å². The van der Waals surface area contributed by atoms with E-state index in [1.165, 1.54) is 12.1 Å². The van der Waals surface area contributed by atoms with Gasteiger partial charge >= 0.3 is 0 Å². The largest absolute Gasteiger partial charge is 0.381 e. The summed E-state index contributed by atoms with van der Waals surface area (Å²) in [4.78, 5) is 15.7. The molecule has 0 bridgehead atoms. The fraction of sp³-hybridized carbons (Fsp3) is 0.435. The highest BCUT2D eigenvalue weighted by Gasteiger charge is 2.41. The monoisotopic (exact) mass is 398 g/mol. The zero-order valence-electron chi connectivity index (χ0n) is 16.7. The average Bonchev–Trinajstić information content (AvgIpc) is 2.76. The number of carbonyl (C=O) groups excluding carboxylic acids is 1. The van der Waals surface area contributed by atoms with Crippen molar-refractivity contribution in [3.8, 4) is 0 Å². The predicted octanol–water partition coefficient (Wildman–Crippen LogP) is 3.66. The Kier molecular flexibility index (Phi) is 5.83. The van der Waals surface area contributed by atoms with Gasteiger partial charge in [0.1, 0.15) is 5.82 Å². The third kappa shape index (κ3) is 4.14. The quantitative estimate of drug-likeness (QED) is 0.854. The highest BCUT2D eigenvalue weighted by molar-refractivity contribution is 6.00. The van der Waals surface area contributed by atoms with E-state index < -0.39 is 5.41 Å². The fourth-order valence-electron chi connectivity index (χ4n) is 4.18. The van der Waals surface area contributed by atoms with Crippen LogP contribution in [0.5, 0.6) is 0 Å². The van der Waals surface area contributed by atoms with Crippen LogP contribution in [-0.4, -0.2) is 45.4 Å². The Bertz CT molecular complexity index is 857. The molecule has 6 heteroatoms. The lowest BCUT2D eigenvalue weighted by Gasteiger charge is -2.36. The molecule has 0 radical (unpaired) electrons. The van der Waals surface area contributed by atoms with Crippen LogP contribution in [-0.2, 0) is 19.7 Å².